The van der Waals surface area contributed by atoms with Crippen LogP contribution in [0.1, 0.15) is 36.4 Å². The molecule has 1 fully saturated rings. The number of aryl methyl sites for hydroxylation is 1. The van der Waals surface area contributed by atoms with Crippen LogP contribution in [-0.2, 0) is 11.3 Å². The Hall–Kier alpha value is -0.450. The minimum absolute atomic E-state index is 0.532. The van der Waals surface area contributed by atoms with E-state index in [0.29, 0.717) is 6.10 Å². The van der Waals surface area contributed by atoms with Gasteiger partial charge >= 0.3 is 0 Å². The molecule has 0 spiro atoms. The summed E-state index contributed by atoms with van der Waals surface area (Å²) in [5, 5.41) is 3.32. The van der Waals surface area contributed by atoms with Crippen LogP contribution < -0.4 is 0 Å². The van der Waals surface area contributed by atoms with Crippen molar-refractivity contribution in [2.75, 3.05) is 20.2 Å². The smallest absolute Gasteiger partial charge is 0.0897 e. The number of nitrogens with zero attached hydrogens (tertiary/aromatic N) is 2. The van der Waals surface area contributed by atoms with Crippen LogP contribution in [0.15, 0.2) is 5.38 Å². The molecule has 0 bridgehead atoms. The molecule has 1 aliphatic rings. The number of thiazole rings is 1. The maximum absolute atomic E-state index is 5.63. The number of rotatable bonds is 6. The summed E-state index contributed by atoms with van der Waals surface area (Å²) in [4.78, 5) is 6.84. The fourth-order valence-electron chi connectivity index (χ4n) is 2.30. The molecule has 1 saturated heterocycles. The monoisotopic (exact) mass is 254 g/mol. The van der Waals surface area contributed by atoms with E-state index >= 15 is 0 Å². The first-order valence-corrected chi connectivity index (χ1v) is 7.33. The third kappa shape index (κ3) is 4.37. The molecular formula is C13H22N2OS. The average molecular weight is 254 g/mol. The van der Waals surface area contributed by atoms with Crippen LogP contribution in [0.4, 0.5) is 0 Å². The first kappa shape index (κ1) is 13.0. The van der Waals surface area contributed by atoms with E-state index in [2.05, 4.69) is 29.2 Å². The maximum atomic E-state index is 5.63. The minimum atomic E-state index is 0.532. The molecule has 0 radical (unpaired) electrons. The Morgan fingerprint density at radius 2 is 2.47 bits per heavy atom. The summed E-state index contributed by atoms with van der Waals surface area (Å²) in [6.45, 7) is 5.14. The van der Waals surface area contributed by atoms with Gasteiger partial charge in [0.05, 0.1) is 16.8 Å². The van der Waals surface area contributed by atoms with Crippen molar-refractivity contribution >= 4 is 11.3 Å². The quantitative estimate of drug-likeness (QED) is 0.780. The summed E-state index contributed by atoms with van der Waals surface area (Å²) >= 11 is 1.73. The molecule has 3 nitrogen and oxygen atoms in total. The van der Waals surface area contributed by atoms with Crippen LogP contribution >= 0.6 is 11.3 Å². The highest BCUT2D eigenvalue weighted by Crippen LogP contribution is 2.17. The molecule has 17 heavy (non-hydrogen) atoms. The van der Waals surface area contributed by atoms with Crippen LogP contribution in [0.3, 0.4) is 0 Å². The molecular weight excluding hydrogens is 232 g/mol. The largest absolute Gasteiger partial charge is 0.378 e. The number of hydrogen-bond acceptors (Lipinski definition) is 4. The van der Waals surface area contributed by atoms with E-state index in [1.165, 1.54) is 31.4 Å². The minimum Gasteiger partial charge on any atom is -0.378 e. The van der Waals surface area contributed by atoms with Gasteiger partial charge in [0, 0.05) is 18.5 Å². The van der Waals surface area contributed by atoms with Gasteiger partial charge in [-0.15, -0.1) is 11.3 Å². The number of ether oxygens (including phenoxy) is 1. The van der Waals surface area contributed by atoms with Gasteiger partial charge in [-0.2, -0.15) is 0 Å². The van der Waals surface area contributed by atoms with E-state index in [1.807, 2.05) is 0 Å². The van der Waals surface area contributed by atoms with Gasteiger partial charge in [0.1, 0.15) is 0 Å². The highest BCUT2D eigenvalue weighted by Gasteiger charge is 2.15. The molecule has 2 rings (SSSR count). The van der Waals surface area contributed by atoms with Gasteiger partial charge in [-0.1, -0.05) is 0 Å². The van der Waals surface area contributed by atoms with Crippen molar-refractivity contribution < 1.29 is 4.74 Å². The zero-order chi connectivity index (χ0) is 12.1. The Labute approximate surface area is 108 Å². The van der Waals surface area contributed by atoms with Gasteiger partial charge in [-0.25, -0.2) is 4.98 Å². The van der Waals surface area contributed by atoms with Crippen molar-refractivity contribution in [1.29, 1.82) is 0 Å². The van der Waals surface area contributed by atoms with Crippen molar-refractivity contribution in [2.45, 2.75) is 45.3 Å². The standard InChI is InChI=1S/C13H22N2OS/c1-11-14-12(10-17-11)9-15(2)7-3-5-13-6-4-8-16-13/h10,13H,3-9H2,1-2H3/t13-/m1/s1. The van der Waals surface area contributed by atoms with Crippen molar-refractivity contribution in [3.8, 4) is 0 Å². The Bertz CT molecular complexity index is 334. The first-order chi connectivity index (χ1) is 8.24. The van der Waals surface area contributed by atoms with Gasteiger partial charge in [0.15, 0.2) is 0 Å². The molecule has 2 heterocycles. The summed E-state index contributed by atoms with van der Waals surface area (Å²) in [5.74, 6) is 0. The fourth-order valence-corrected chi connectivity index (χ4v) is 2.90. The van der Waals surface area contributed by atoms with Crippen LogP contribution in [0, 0.1) is 6.92 Å². The molecule has 0 aromatic carbocycles. The van der Waals surface area contributed by atoms with Gasteiger partial charge in [0.2, 0.25) is 0 Å². The Morgan fingerprint density at radius 3 is 3.12 bits per heavy atom. The topological polar surface area (TPSA) is 25.4 Å². The van der Waals surface area contributed by atoms with E-state index in [-0.39, 0.29) is 0 Å². The van der Waals surface area contributed by atoms with Crippen LogP contribution in [0.2, 0.25) is 0 Å². The van der Waals surface area contributed by atoms with Crippen molar-refractivity contribution in [1.82, 2.24) is 9.88 Å². The first-order valence-electron chi connectivity index (χ1n) is 6.45. The van der Waals surface area contributed by atoms with Crippen molar-refractivity contribution in [2.24, 2.45) is 0 Å². The number of aromatic nitrogens is 1. The molecule has 0 amide bonds. The summed E-state index contributed by atoms with van der Waals surface area (Å²) in [5.41, 5.74) is 1.20. The third-order valence-corrected chi connectivity index (χ3v) is 4.01. The van der Waals surface area contributed by atoms with Gasteiger partial charge in [-0.05, 0) is 46.2 Å². The SMILES string of the molecule is Cc1nc(CN(C)CCC[C@@H]2CCCO2)cs1. The Balaban J connectivity index is 1.61. The van der Waals surface area contributed by atoms with E-state index in [0.717, 1.165) is 24.7 Å². The van der Waals surface area contributed by atoms with E-state index in [9.17, 15) is 0 Å². The van der Waals surface area contributed by atoms with Crippen LogP contribution in [0.5, 0.6) is 0 Å². The third-order valence-electron chi connectivity index (χ3n) is 3.19. The summed E-state index contributed by atoms with van der Waals surface area (Å²) in [6.07, 6.45) is 5.48. The lowest BCUT2D eigenvalue weighted by atomic mass is 10.1. The second-order valence-corrected chi connectivity index (χ2v) is 5.94. The van der Waals surface area contributed by atoms with E-state index < -0.39 is 0 Å². The highest BCUT2D eigenvalue weighted by atomic mass is 32.1. The van der Waals surface area contributed by atoms with Crippen LogP contribution in [-0.4, -0.2) is 36.2 Å². The van der Waals surface area contributed by atoms with Gasteiger partial charge in [-0.3, -0.25) is 0 Å². The average Bonchev–Trinajstić information content (AvgIpc) is 2.90. The van der Waals surface area contributed by atoms with Crippen molar-refractivity contribution in [3.05, 3.63) is 16.1 Å². The lowest BCUT2D eigenvalue weighted by Gasteiger charge is -2.16. The summed E-state index contributed by atoms with van der Waals surface area (Å²) in [6, 6.07) is 0. The predicted octanol–water partition coefficient (Wildman–Crippen LogP) is 2.84. The Morgan fingerprint density at radius 1 is 1.59 bits per heavy atom. The second kappa shape index (κ2) is 6.47. The lowest BCUT2D eigenvalue weighted by Crippen LogP contribution is -2.20. The lowest BCUT2D eigenvalue weighted by molar-refractivity contribution is 0.0995. The maximum Gasteiger partial charge on any atom is 0.0897 e. The molecule has 1 aliphatic heterocycles. The normalized spacial score (nSPS) is 20.3. The highest BCUT2D eigenvalue weighted by molar-refractivity contribution is 7.09. The summed E-state index contributed by atoms with van der Waals surface area (Å²) in [7, 11) is 2.17. The fraction of sp³-hybridized carbons (Fsp3) is 0.769. The molecule has 96 valence electrons. The molecule has 4 heteroatoms. The zero-order valence-corrected chi connectivity index (χ0v) is 11.6. The second-order valence-electron chi connectivity index (χ2n) is 4.87. The van der Waals surface area contributed by atoms with E-state index in [4.69, 9.17) is 4.74 Å². The van der Waals surface area contributed by atoms with Crippen LogP contribution in [0.25, 0.3) is 0 Å². The summed E-state index contributed by atoms with van der Waals surface area (Å²) < 4.78 is 5.63. The molecule has 1 aromatic rings. The number of hydrogen-bond donors (Lipinski definition) is 0. The van der Waals surface area contributed by atoms with Gasteiger partial charge < -0.3 is 9.64 Å². The van der Waals surface area contributed by atoms with Crippen molar-refractivity contribution in [3.63, 3.8) is 0 Å². The molecule has 0 saturated carbocycles. The van der Waals surface area contributed by atoms with Gasteiger partial charge in [0.25, 0.3) is 0 Å². The molecule has 1 atom stereocenters. The molecule has 1 aromatic heterocycles. The molecule has 0 unspecified atom stereocenters. The predicted molar refractivity (Wildman–Crippen MR) is 71.4 cm³/mol. The van der Waals surface area contributed by atoms with E-state index in [1.54, 1.807) is 11.3 Å². The molecule has 0 aliphatic carbocycles. The molecule has 0 N–H and O–H groups in total. The Kier molecular flexibility index (Phi) is 4.95. The zero-order valence-electron chi connectivity index (χ0n) is 10.8.